The number of fused-ring (bicyclic) bond motifs is 17. The molecule has 5 nitrogen and oxygen atoms in total. The van der Waals surface area contributed by atoms with Crippen molar-refractivity contribution in [3.05, 3.63) is 204 Å². The van der Waals surface area contributed by atoms with Crippen LogP contribution in [0.15, 0.2) is 186 Å². The van der Waals surface area contributed by atoms with Crippen LogP contribution in [-0.4, -0.2) is 19.5 Å². The standard InChI is InChI=1S/C52H30N4O/c1-2-14-31(15-3-1)49-53-50(32-26-27-36-35-18-8-13-25-45(35)57-46(36)30-32)55-51(54-49)56-43-24-12-7-20-38(43)48-44(56)29-28-42-47(48)37-19-6-11-23-41(37)52(42)39-21-9-4-16-33(39)34-17-5-10-22-40(34)52/h1-30H. The van der Waals surface area contributed by atoms with Crippen molar-refractivity contribution in [1.82, 2.24) is 19.5 Å². The summed E-state index contributed by atoms with van der Waals surface area (Å²) in [5, 5.41) is 4.50. The molecule has 8 aromatic carbocycles. The van der Waals surface area contributed by atoms with Crippen LogP contribution >= 0.6 is 0 Å². The summed E-state index contributed by atoms with van der Waals surface area (Å²) in [7, 11) is 0. The predicted molar refractivity (Wildman–Crippen MR) is 229 cm³/mol. The third-order valence-electron chi connectivity index (χ3n) is 12.3. The number of rotatable bonds is 3. The van der Waals surface area contributed by atoms with Crippen LogP contribution in [0.3, 0.4) is 0 Å². The van der Waals surface area contributed by atoms with Crippen LogP contribution in [-0.2, 0) is 5.41 Å². The lowest BCUT2D eigenvalue weighted by Gasteiger charge is -2.30. The number of hydrogen-bond acceptors (Lipinski definition) is 4. The maximum absolute atomic E-state index is 6.33. The van der Waals surface area contributed by atoms with Crippen LogP contribution in [0, 0.1) is 0 Å². The maximum Gasteiger partial charge on any atom is 0.238 e. The Bertz CT molecular complexity index is 3440. The van der Waals surface area contributed by atoms with Crippen molar-refractivity contribution in [2.45, 2.75) is 5.41 Å². The molecule has 0 amide bonds. The van der Waals surface area contributed by atoms with Gasteiger partial charge in [0.1, 0.15) is 11.2 Å². The second-order valence-electron chi connectivity index (χ2n) is 15.1. The van der Waals surface area contributed by atoms with Gasteiger partial charge < -0.3 is 4.42 Å². The zero-order valence-electron chi connectivity index (χ0n) is 30.5. The summed E-state index contributed by atoms with van der Waals surface area (Å²) in [5.74, 6) is 1.75. The SMILES string of the molecule is c1ccc(-c2nc(-c3ccc4c(c3)oc3ccccc34)nc(-n3c4ccccc4c4c5c(ccc43)C3(c4ccccc4-c4ccccc43)c3ccccc3-5)n2)cc1. The highest BCUT2D eigenvalue weighted by atomic mass is 16.3. The first-order valence-electron chi connectivity index (χ1n) is 19.4. The second-order valence-corrected chi connectivity index (χ2v) is 15.1. The molecule has 0 saturated carbocycles. The van der Waals surface area contributed by atoms with Crippen molar-refractivity contribution in [3.63, 3.8) is 0 Å². The highest BCUT2D eigenvalue weighted by Crippen LogP contribution is 2.64. The van der Waals surface area contributed by atoms with Crippen LogP contribution in [0.2, 0.25) is 0 Å². The molecular weight excluding hydrogens is 697 g/mol. The van der Waals surface area contributed by atoms with Gasteiger partial charge in [0.25, 0.3) is 0 Å². The van der Waals surface area contributed by atoms with Crippen molar-refractivity contribution >= 4 is 43.7 Å². The molecule has 0 fully saturated rings. The molecule has 0 saturated heterocycles. The molecule has 0 radical (unpaired) electrons. The molecule has 0 bridgehead atoms. The molecule has 0 aliphatic heterocycles. The zero-order chi connectivity index (χ0) is 37.2. The Labute approximate surface area is 327 Å². The Morgan fingerprint density at radius 2 is 1.00 bits per heavy atom. The Morgan fingerprint density at radius 1 is 0.404 bits per heavy atom. The van der Waals surface area contributed by atoms with Gasteiger partial charge in [0, 0.05) is 32.7 Å². The Kier molecular flexibility index (Phi) is 6.04. The molecule has 5 heteroatoms. The molecule has 1 spiro atoms. The second kappa shape index (κ2) is 11.2. The van der Waals surface area contributed by atoms with Gasteiger partial charge >= 0.3 is 0 Å². The Morgan fingerprint density at radius 3 is 1.77 bits per heavy atom. The summed E-state index contributed by atoms with van der Waals surface area (Å²) in [6.45, 7) is 0. The highest BCUT2D eigenvalue weighted by molar-refractivity contribution is 6.18. The molecule has 57 heavy (non-hydrogen) atoms. The van der Waals surface area contributed by atoms with E-state index in [0.29, 0.717) is 17.6 Å². The molecule has 0 N–H and O–H groups in total. The van der Waals surface area contributed by atoms with Crippen LogP contribution in [0.5, 0.6) is 0 Å². The van der Waals surface area contributed by atoms with Crippen LogP contribution in [0.25, 0.3) is 94.7 Å². The summed E-state index contributed by atoms with van der Waals surface area (Å²) in [6, 6.07) is 64.8. The van der Waals surface area contributed by atoms with Crippen molar-refractivity contribution < 1.29 is 4.42 Å². The van der Waals surface area contributed by atoms with Gasteiger partial charge in [-0.1, -0.05) is 152 Å². The monoisotopic (exact) mass is 726 g/mol. The molecule has 2 aliphatic rings. The van der Waals surface area contributed by atoms with Gasteiger partial charge in [-0.15, -0.1) is 0 Å². The molecular formula is C52H30N4O. The quantitative estimate of drug-likeness (QED) is 0.182. The van der Waals surface area contributed by atoms with E-state index in [1.54, 1.807) is 0 Å². The van der Waals surface area contributed by atoms with Gasteiger partial charge in [-0.05, 0) is 74.8 Å². The number of benzene rings is 8. The zero-order valence-corrected chi connectivity index (χ0v) is 30.5. The van der Waals surface area contributed by atoms with Gasteiger partial charge in [-0.2, -0.15) is 9.97 Å². The summed E-state index contributed by atoms with van der Waals surface area (Å²) in [5.41, 5.74) is 15.5. The third-order valence-corrected chi connectivity index (χ3v) is 12.3. The number of nitrogens with zero attached hydrogens (tertiary/aromatic N) is 4. The fraction of sp³-hybridized carbons (Fsp3) is 0.0192. The largest absolute Gasteiger partial charge is 0.456 e. The summed E-state index contributed by atoms with van der Waals surface area (Å²) in [4.78, 5) is 15.7. The molecule has 0 unspecified atom stereocenters. The van der Waals surface area contributed by atoms with Gasteiger partial charge in [-0.3, -0.25) is 4.57 Å². The first-order valence-corrected chi connectivity index (χ1v) is 19.4. The van der Waals surface area contributed by atoms with E-state index in [9.17, 15) is 0 Å². The van der Waals surface area contributed by atoms with E-state index in [4.69, 9.17) is 19.4 Å². The lowest BCUT2D eigenvalue weighted by atomic mass is 9.70. The van der Waals surface area contributed by atoms with Gasteiger partial charge in [0.05, 0.1) is 16.4 Å². The van der Waals surface area contributed by atoms with Crippen LogP contribution in [0.4, 0.5) is 0 Å². The van der Waals surface area contributed by atoms with Crippen molar-refractivity contribution in [1.29, 1.82) is 0 Å². The first-order chi connectivity index (χ1) is 28.3. The minimum Gasteiger partial charge on any atom is -0.456 e. The topological polar surface area (TPSA) is 56.7 Å². The fourth-order valence-electron chi connectivity index (χ4n) is 10.0. The third kappa shape index (κ3) is 3.99. The molecule has 3 heterocycles. The summed E-state index contributed by atoms with van der Waals surface area (Å²) in [6.07, 6.45) is 0. The molecule has 0 atom stereocenters. The maximum atomic E-state index is 6.33. The molecule has 2 aliphatic carbocycles. The molecule has 264 valence electrons. The van der Waals surface area contributed by atoms with Crippen molar-refractivity contribution in [2.75, 3.05) is 0 Å². The average molecular weight is 727 g/mol. The van der Waals surface area contributed by atoms with Crippen molar-refractivity contribution in [3.8, 4) is 51.0 Å². The van der Waals surface area contributed by atoms with E-state index in [0.717, 1.165) is 49.5 Å². The Hall–Kier alpha value is -7.63. The fourth-order valence-corrected chi connectivity index (χ4v) is 10.0. The normalized spacial score (nSPS) is 13.4. The predicted octanol–water partition coefficient (Wildman–Crippen LogP) is 12.5. The van der Waals surface area contributed by atoms with E-state index >= 15 is 0 Å². The van der Waals surface area contributed by atoms with E-state index in [1.165, 1.54) is 49.9 Å². The number of hydrogen-bond donors (Lipinski definition) is 0. The lowest BCUT2D eigenvalue weighted by Crippen LogP contribution is -2.25. The van der Waals surface area contributed by atoms with Crippen LogP contribution in [0.1, 0.15) is 22.3 Å². The minimum atomic E-state index is -0.438. The molecule has 11 aromatic rings. The average Bonchev–Trinajstić information content (AvgIpc) is 4.00. The lowest BCUT2D eigenvalue weighted by molar-refractivity contribution is 0.669. The van der Waals surface area contributed by atoms with Gasteiger partial charge in [0.15, 0.2) is 11.6 Å². The van der Waals surface area contributed by atoms with E-state index in [1.807, 2.05) is 36.4 Å². The highest BCUT2D eigenvalue weighted by Gasteiger charge is 2.52. The van der Waals surface area contributed by atoms with E-state index in [2.05, 4.69) is 150 Å². The van der Waals surface area contributed by atoms with E-state index in [-0.39, 0.29) is 0 Å². The van der Waals surface area contributed by atoms with Crippen LogP contribution < -0.4 is 0 Å². The summed E-state index contributed by atoms with van der Waals surface area (Å²) >= 11 is 0. The van der Waals surface area contributed by atoms with E-state index < -0.39 is 5.41 Å². The molecule has 3 aromatic heterocycles. The smallest absolute Gasteiger partial charge is 0.238 e. The number of aromatic nitrogens is 4. The van der Waals surface area contributed by atoms with Crippen molar-refractivity contribution in [2.24, 2.45) is 0 Å². The van der Waals surface area contributed by atoms with Gasteiger partial charge in [0.2, 0.25) is 5.95 Å². The number of para-hydroxylation sites is 2. The summed E-state index contributed by atoms with van der Waals surface area (Å²) < 4.78 is 8.55. The molecule has 13 rings (SSSR count). The Balaban J connectivity index is 1.11. The first kappa shape index (κ1) is 30.7. The van der Waals surface area contributed by atoms with Gasteiger partial charge in [-0.25, -0.2) is 4.98 Å². The number of furan rings is 1. The minimum absolute atomic E-state index is 0.438.